The zero-order valence-corrected chi connectivity index (χ0v) is 16.7. The third-order valence-corrected chi connectivity index (χ3v) is 5.15. The van der Waals surface area contributed by atoms with Gasteiger partial charge in [-0.25, -0.2) is 0 Å². The Labute approximate surface area is 157 Å². The van der Waals surface area contributed by atoms with Crippen LogP contribution in [0.3, 0.4) is 0 Å². The van der Waals surface area contributed by atoms with Crippen LogP contribution in [0.15, 0.2) is 24.3 Å². The number of benzene rings is 1. The Morgan fingerprint density at radius 2 is 2.08 bits per heavy atom. The second-order valence-electron chi connectivity index (χ2n) is 8.85. The van der Waals surface area contributed by atoms with Gasteiger partial charge in [0.2, 0.25) is 5.91 Å². The predicted octanol–water partition coefficient (Wildman–Crippen LogP) is 4.42. The Morgan fingerprint density at radius 1 is 1.31 bits per heavy atom. The van der Waals surface area contributed by atoms with E-state index < -0.39 is 0 Å². The molecule has 3 rings (SSSR count). The molecule has 1 saturated heterocycles. The highest BCUT2D eigenvalue weighted by Crippen LogP contribution is 2.35. The second-order valence-corrected chi connectivity index (χ2v) is 8.85. The normalized spacial score (nSPS) is 22.3. The molecule has 0 spiro atoms. The van der Waals surface area contributed by atoms with Crippen LogP contribution < -0.4 is 4.74 Å². The van der Waals surface area contributed by atoms with Gasteiger partial charge in [0.05, 0.1) is 12.2 Å². The smallest absolute Gasteiger partial charge is 0.226 e. The van der Waals surface area contributed by atoms with Crippen molar-refractivity contribution in [1.29, 1.82) is 0 Å². The molecule has 0 radical (unpaired) electrons. The summed E-state index contributed by atoms with van der Waals surface area (Å²) in [6.45, 7) is 10.5. The predicted molar refractivity (Wildman–Crippen MR) is 103 cm³/mol. The first kappa shape index (κ1) is 19.2. The van der Waals surface area contributed by atoms with E-state index in [-0.39, 0.29) is 11.5 Å². The van der Waals surface area contributed by atoms with Gasteiger partial charge in [-0.1, -0.05) is 26.0 Å². The van der Waals surface area contributed by atoms with E-state index in [0.29, 0.717) is 37.6 Å². The van der Waals surface area contributed by atoms with Crippen molar-refractivity contribution in [3.63, 3.8) is 0 Å². The lowest BCUT2D eigenvalue weighted by atomic mass is 9.87. The van der Waals surface area contributed by atoms with Gasteiger partial charge in [-0.05, 0) is 63.1 Å². The largest absolute Gasteiger partial charge is 0.493 e. The van der Waals surface area contributed by atoms with Crippen molar-refractivity contribution in [2.24, 2.45) is 11.8 Å². The molecule has 1 saturated carbocycles. The topological polar surface area (TPSA) is 38.8 Å². The molecule has 1 amide bonds. The molecule has 2 aliphatic rings. The van der Waals surface area contributed by atoms with Crippen molar-refractivity contribution < 1.29 is 14.3 Å². The summed E-state index contributed by atoms with van der Waals surface area (Å²) in [6, 6.07) is 8.61. The minimum atomic E-state index is -0.196. The van der Waals surface area contributed by atoms with Gasteiger partial charge < -0.3 is 14.4 Å². The number of rotatable bonds is 7. The molecule has 1 aliphatic heterocycles. The third kappa shape index (κ3) is 5.23. The first-order chi connectivity index (χ1) is 12.3. The highest BCUT2D eigenvalue weighted by molar-refractivity contribution is 5.79. The van der Waals surface area contributed by atoms with Gasteiger partial charge in [0.15, 0.2) is 0 Å². The highest BCUT2D eigenvalue weighted by atomic mass is 16.5. The fraction of sp³-hybridized carbons (Fsp3) is 0.682. The first-order valence-electron chi connectivity index (χ1n) is 10.0. The number of nitrogens with zero attached hydrogens (tertiary/aromatic N) is 1. The van der Waals surface area contributed by atoms with Crippen LogP contribution in [-0.2, 0) is 16.1 Å². The summed E-state index contributed by atoms with van der Waals surface area (Å²) in [7, 11) is 0. The second kappa shape index (κ2) is 7.99. The summed E-state index contributed by atoms with van der Waals surface area (Å²) in [6.07, 6.45) is 3.90. The summed E-state index contributed by atoms with van der Waals surface area (Å²) in [4.78, 5) is 15.3. The van der Waals surface area contributed by atoms with Gasteiger partial charge in [0.25, 0.3) is 0 Å². The van der Waals surface area contributed by atoms with Crippen LogP contribution in [0.2, 0.25) is 0 Å². The van der Waals surface area contributed by atoms with Crippen LogP contribution in [0.5, 0.6) is 5.75 Å². The van der Waals surface area contributed by atoms with Crippen molar-refractivity contribution in [3.05, 3.63) is 29.8 Å². The van der Waals surface area contributed by atoms with Gasteiger partial charge in [0.1, 0.15) is 5.75 Å². The standard InChI is InChI=1S/C22H33NO3/c1-16(2)15-25-20-7-5-6-17(12-20)14-23(19-8-9-19)21(24)18-10-11-26-22(3,4)13-18/h5-7,12,16,18-19H,8-11,13-15H2,1-4H3/t18-/m1/s1. The molecule has 0 aromatic heterocycles. The zero-order valence-electron chi connectivity index (χ0n) is 16.7. The molecule has 4 nitrogen and oxygen atoms in total. The minimum absolute atomic E-state index is 0.0831. The van der Waals surface area contributed by atoms with Gasteiger partial charge in [-0.15, -0.1) is 0 Å². The van der Waals surface area contributed by atoms with Crippen molar-refractivity contribution in [1.82, 2.24) is 4.90 Å². The van der Waals surface area contributed by atoms with Crippen molar-refractivity contribution in [3.8, 4) is 5.75 Å². The third-order valence-electron chi connectivity index (χ3n) is 5.15. The average Bonchev–Trinajstić information content (AvgIpc) is 3.41. The van der Waals surface area contributed by atoms with E-state index in [2.05, 4.69) is 44.7 Å². The van der Waals surface area contributed by atoms with E-state index in [1.165, 1.54) is 0 Å². The molecule has 4 heteroatoms. The lowest BCUT2D eigenvalue weighted by Gasteiger charge is -2.37. The minimum Gasteiger partial charge on any atom is -0.493 e. The lowest BCUT2D eigenvalue weighted by molar-refractivity contribution is -0.146. The summed E-state index contributed by atoms with van der Waals surface area (Å²) in [5, 5.41) is 0. The maximum absolute atomic E-state index is 13.2. The summed E-state index contributed by atoms with van der Waals surface area (Å²) in [5.74, 6) is 1.78. The van der Waals surface area contributed by atoms with Crippen LogP contribution >= 0.6 is 0 Å². The fourth-order valence-electron chi connectivity index (χ4n) is 3.64. The molecule has 0 unspecified atom stereocenters. The number of carbonyl (C=O) groups is 1. The van der Waals surface area contributed by atoms with Gasteiger partial charge >= 0.3 is 0 Å². The molecule has 0 N–H and O–H groups in total. The summed E-state index contributed by atoms with van der Waals surface area (Å²) in [5.41, 5.74) is 0.955. The number of carbonyl (C=O) groups excluding carboxylic acids is 1. The summed E-state index contributed by atoms with van der Waals surface area (Å²) < 4.78 is 11.6. The highest BCUT2D eigenvalue weighted by Gasteiger charge is 2.39. The molecule has 1 atom stereocenters. The molecule has 1 aromatic carbocycles. The van der Waals surface area contributed by atoms with Crippen molar-refractivity contribution in [2.45, 2.75) is 71.6 Å². The maximum atomic E-state index is 13.2. The van der Waals surface area contributed by atoms with Crippen molar-refractivity contribution >= 4 is 5.91 Å². The zero-order chi connectivity index (χ0) is 18.7. The van der Waals surface area contributed by atoms with E-state index >= 15 is 0 Å². The van der Waals surface area contributed by atoms with E-state index in [1.807, 2.05) is 12.1 Å². The number of ether oxygens (including phenoxy) is 2. The van der Waals surface area contributed by atoms with Crippen LogP contribution in [0.4, 0.5) is 0 Å². The summed E-state index contributed by atoms with van der Waals surface area (Å²) >= 11 is 0. The fourth-order valence-corrected chi connectivity index (χ4v) is 3.64. The number of hydrogen-bond donors (Lipinski definition) is 0. The molecular formula is C22H33NO3. The molecular weight excluding hydrogens is 326 g/mol. The van der Waals surface area contributed by atoms with Crippen molar-refractivity contribution in [2.75, 3.05) is 13.2 Å². The van der Waals surface area contributed by atoms with Crippen LogP contribution in [0.1, 0.15) is 58.9 Å². The monoisotopic (exact) mass is 359 g/mol. The molecule has 0 bridgehead atoms. The van der Waals surface area contributed by atoms with Gasteiger partial charge in [-0.2, -0.15) is 0 Å². The van der Waals surface area contributed by atoms with Crippen LogP contribution in [-0.4, -0.2) is 35.7 Å². The Hall–Kier alpha value is -1.55. The van der Waals surface area contributed by atoms with E-state index in [1.54, 1.807) is 0 Å². The lowest BCUT2D eigenvalue weighted by Crippen LogP contribution is -2.44. The molecule has 26 heavy (non-hydrogen) atoms. The van der Waals surface area contributed by atoms with E-state index in [0.717, 1.165) is 37.0 Å². The SMILES string of the molecule is CC(C)COc1cccc(CN(C(=O)[C@@H]2CCOC(C)(C)C2)C2CC2)c1. The molecule has 1 heterocycles. The molecule has 1 aliphatic carbocycles. The maximum Gasteiger partial charge on any atom is 0.226 e. The molecule has 1 aromatic rings. The molecule has 144 valence electrons. The first-order valence-corrected chi connectivity index (χ1v) is 10.0. The Bertz CT molecular complexity index is 622. The van der Waals surface area contributed by atoms with E-state index in [4.69, 9.17) is 9.47 Å². The Kier molecular flexibility index (Phi) is 5.91. The average molecular weight is 360 g/mol. The number of hydrogen-bond acceptors (Lipinski definition) is 3. The van der Waals surface area contributed by atoms with Crippen LogP contribution in [0.25, 0.3) is 0 Å². The quantitative estimate of drug-likeness (QED) is 0.723. The van der Waals surface area contributed by atoms with E-state index in [9.17, 15) is 4.79 Å². The Balaban J connectivity index is 1.67. The van der Waals surface area contributed by atoms with Gasteiger partial charge in [-0.3, -0.25) is 4.79 Å². The Morgan fingerprint density at radius 3 is 2.73 bits per heavy atom. The number of amides is 1. The molecule has 2 fully saturated rings. The van der Waals surface area contributed by atoms with Crippen LogP contribution in [0, 0.1) is 11.8 Å². The van der Waals surface area contributed by atoms with Gasteiger partial charge in [0, 0.05) is 25.1 Å².